The van der Waals surface area contributed by atoms with Crippen LogP contribution in [0.5, 0.6) is 0 Å². The Bertz CT molecular complexity index is 1130. The normalized spacial score (nSPS) is 19.7. The molecule has 0 aromatic carbocycles. The minimum atomic E-state index is -0.356. The second kappa shape index (κ2) is 7.59. The van der Waals surface area contributed by atoms with Gasteiger partial charge in [-0.05, 0) is 51.3 Å². The molecule has 4 rings (SSSR count). The molecule has 1 fully saturated rings. The van der Waals surface area contributed by atoms with Crippen molar-refractivity contribution in [2.45, 2.75) is 51.2 Å². The van der Waals surface area contributed by atoms with Gasteiger partial charge in [-0.15, -0.1) is 0 Å². The molecule has 154 valence electrons. The summed E-state index contributed by atoms with van der Waals surface area (Å²) >= 11 is 0. The summed E-state index contributed by atoms with van der Waals surface area (Å²) in [5.74, 6) is 0. The Balaban J connectivity index is 1.61. The van der Waals surface area contributed by atoms with Crippen molar-refractivity contribution in [3.05, 3.63) is 57.3 Å². The number of imidazole rings is 1. The second-order valence-electron chi connectivity index (χ2n) is 8.15. The highest BCUT2D eigenvalue weighted by Crippen LogP contribution is 2.35. The van der Waals surface area contributed by atoms with E-state index in [2.05, 4.69) is 34.8 Å². The highest BCUT2D eigenvalue weighted by molar-refractivity contribution is 5.70. The van der Waals surface area contributed by atoms with Crippen LogP contribution in [0.25, 0.3) is 11.2 Å². The Morgan fingerprint density at radius 2 is 1.97 bits per heavy atom. The van der Waals surface area contributed by atoms with Gasteiger partial charge >= 0.3 is 5.69 Å². The summed E-state index contributed by atoms with van der Waals surface area (Å²) in [5, 5.41) is 0. The lowest BCUT2D eigenvalue weighted by Gasteiger charge is -2.32. The second-order valence-corrected chi connectivity index (χ2v) is 8.15. The third-order valence-electron chi connectivity index (χ3n) is 6.26. The lowest BCUT2D eigenvalue weighted by atomic mass is 10.0. The summed E-state index contributed by atoms with van der Waals surface area (Å²) < 4.78 is 4.50. The van der Waals surface area contributed by atoms with Gasteiger partial charge < -0.3 is 4.57 Å². The molecule has 3 atom stereocenters. The largest absolute Gasteiger partial charge is 0.332 e. The van der Waals surface area contributed by atoms with Crippen molar-refractivity contribution in [3.63, 3.8) is 0 Å². The Hall–Kier alpha value is -2.74. The number of aryl methyl sites for hydroxylation is 1. The van der Waals surface area contributed by atoms with Crippen LogP contribution in [0.3, 0.4) is 0 Å². The maximum absolute atomic E-state index is 12.7. The number of fused-ring (bicyclic) bond motifs is 1. The molecule has 0 saturated carbocycles. The van der Waals surface area contributed by atoms with Crippen LogP contribution in [0.4, 0.5) is 0 Å². The van der Waals surface area contributed by atoms with Gasteiger partial charge in [-0.2, -0.15) is 0 Å². The van der Waals surface area contributed by atoms with Crippen molar-refractivity contribution in [2.24, 2.45) is 14.1 Å². The molecule has 8 heteroatoms. The number of rotatable bonds is 5. The van der Waals surface area contributed by atoms with Crippen molar-refractivity contribution in [2.75, 3.05) is 6.54 Å². The molecule has 0 amide bonds. The summed E-state index contributed by atoms with van der Waals surface area (Å²) in [6, 6.07) is 4.96. The van der Waals surface area contributed by atoms with E-state index in [-0.39, 0.29) is 17.3 Å². The topological polar surface area (TPSA) is 78.0 Å². The molecule has 1 saturated heterocycles. The maximum atomic E-state index is 12.7. The first kappa shape index (κ1) is 19.6. The molecule has 3 aromatic heterocycles. The fourth-order valence-electron chi connectivity index (χ4n) is 4.69. The molecule has 0 spiro atoms. The molecule has 0 bridgehead atoms. The van der Waals surface area contributed by atoms with Crippen molar-refractivity contribution < 1.29 is 0 Å². The van der Waals surface area contributed by atoms with E-state index in [0.717, 1.165) is 24.0 Å². The van der Waals surface area contributed by atoms with Gasteiger partial charge in [-0.25, -0.2) is 9.78 Å². The van der Waals surface area contributed by atoms with Crippen LogP contribution in [0.15, 0.2) is 40.4 Å². The van der Waals surface area contributed by atoms with Gasteiger partial charge in [-0.3, -0.25) is 23.8 Å². The molecular formula is C21H28N6O2. The summed E-state index contributed by atoms with van der Waals surface area (Å²) in [6.45, 7) is 5.42. The monoisotopic (exact) mass is 396 g/mol. The molecule has 4 heterocycles. The van der Waals surface area contributed by atoms with E-state index >= 15 is 0 Å². The molecular weight excluding hydrogens is 368 g/mol. The van der Waals surface area contributed by atoms with E-state index in [9.17, 15) is 9.59 Å². The first-order chi connectivity index (χ1) is 13.9. The van der Waals surface area contributed by atoms with Crippen LogP contribution >= 0.6 is 0 Å². The Labute approximate surface area is 169 Å². The van der Waals surface area contributed by atoms with Crippen LogP contribution in [0.1, 0.15) is 50.8 Å². The van der Waals surface area contributed by atoms with E-state index in [1.165, 1.54) is 23.6 Å². The number of likely N-dealkylation sites (tertiary alicyclic amines) is 1. The molecule has 29 heavy (non-hydrogen) atoms. The van der Waals surface area contributed by atoms with Crippen molar-refractivity contribution in [3.8, 4) is 0 Å². The quantitative estimate of drug-likeness (QED) is 0.659. The Kier molecular flexibility index (Phi) is 5.12. The van der Waals surface area contributed by atoms with E-state index < -0.39 is 0 Å². The lowest BCUT2D eigenvalue weighted by molar-refractivity contribution is 0.170. The number of pyridine rings is 1. The van der Waals surface area contributed by atoms with Crippen LogP contribution in [-0.2, 0) is 14.1 Å². The molecule has 1 aliphatic rings. The number of nitrogens with zero attached hydrogens (tertiary/aromatic N) is 6. The molecule has 0 aliphatic carbocycles. The Morgan fingerprint density at radius 1 is 1.17 bits per heavy atom. The predicted molar refractivity (Wildman–Crippen MR) is 112 cm³/mol. The summed E-state index contributed by atoms with van der Waals surface area (Å²) in [4.78, 5) is 36.1. The zero-order valence-electron chi connectivity index (χ0n) is 17.4. The molecule has 0 radical (unpaired) electrons. The molecule has 8 nitrogen and oxygen atoms in total. The summed E-state index contributed by atoms with van der Waals surface area (Å²) in [6.07, 6.45) is 8.66. The zero-order valence-corrected chi connectivity index (χ0v) is 17.4. The third-order valence-corrected chi connectivity index (χ3v) is 6.26. The smallest absolute Gasteiger partial charge is 0.322 e. The highest BCUT2D eigenvalue weighted by atomic mass is 16.2. The van der Waals surface area contributed by atoms with Crippen molar-refractivity contribution >= 4 is 11.2 Å². The van der Waals surface area contributed by atoms with Crippen molar-refractivity contribution in [1.82, 2.24) is 28.6 Å². The van der Waals surface area contributed by atoms with Gasteiger partial charge in [0.2, 0.25) is 0 Å². The summed E-state index contributed by atoms with van der Waals surface area (Å²) in [5.41, 5.74) is 1.53. The van der Waals surface area contributed by atoms with Crippen LogP contribution < -0.4 is 11.2 Å². The molecule has 1 aliphatic heterocycles. The van der Waals surface area contributed by atoms with Gasteiger partial charge in [0.1, 0.15) is 0 Å². The van der Waals surface area contributed by atoms with Gasteiger partial charge in [0.05, 0.1) is 6.33 Å². The van der Waals surface area contributed by atoms with Gasteiger partial charge in [-0.1, -0.05) is 6.07 Å². The van der Waals surface area contributed by atoms with Gasteiger partial charge in [0, 0.05) is 44.6 Å². The summed E-state index contributed by atoms with van der Waals surface area (Å²) in [7, 11) is 3.16. The van der Waals surface area contributed by atoms with Crippen molar-refractivity contribution in [1.29, 1.82) is 0 Å². The van der Waals surface area contributed by atoms with Crippen LogP contribution in [0, 0.1) is 0 Å². The number of hydrogen-bond donors (Lipinski definition) is 0. The molecule has 3 aromatic rings. The number of aromatic nitrogens is 5. The average Bonchev–Trinajstić information content (AvgIpc) is 3.39. The first-order valence-electron chi connectivity index (χ1n) is 10.2. The van der Waals surface area contributed by atoms with Gasteiger partial charge in [0.25, 0.3) is 5.56 Å². The van der Waals surface area contributed by atoms with Gasteiger partial charge in [0.15, 0.2) is 11.2 Å². The predicted octanol–water partition coefficient (Wildman–Crippen LogP) is 2.01. The van der Waals surface area contributed by atoms with E-state index in [4.69, 9.17) is 0 Å². The lowest BCUT2D eigenvalue weighted by Crippen LogP contribution is -2.38. The zero-order chi connectivity index (χ0) is 20.7. The molecule has 0 N–H and O–H groups in total. The third kappa shape index (κ3) is 3.31. The average molecular weight is 396 g/mol. The fraction of sp³-hybridized carbons (Fsp3) is 0.524. The highest BCUT2D eigenvalue weighted by Gasteiger charge is 2.31. The van der Waals surface area contributed by atoms with Crippen LogP contribution in [0.2, 0.25) is 0 Å². The standard InChI is InChI=1S/C21H28N6O2/c1-14(26-10-6-8-17(26)16-7-5-9-22-12-16)11-15(2)27-13-23-19-18(27)20(28)25(4)21(29)24(19)3/h5,7,9,12-15,17H,6,8,10-11H2,1-4H3. The molecule has 3 unspecified atom stereocenters. The van der Waals surface area contributed by atoms with Crippen LogP contribution in [-0.4, -0.2) is 41.2 Å². The van der Waals surface area contributed by atoms with E-state index in [0.29, 0.717) is 23.2 Å². The van der Waals surface area contributed by atoms with E-state index in [1.807, 2.05) is 23.0 Å². The first-order valence-corrected chi connectivity index (χ1v) is 10.2. The minimum absolute atomic E-state index is 0.0790. The minimum Gasteiger partial charge on any atom is -0.322 e. The number of hydrogen-bond acceptors (Lipinski definition) is 5. The SMILES string of the molecule is CC(CC(C)n1cnc2c1c(=O)n(C)c(=O)n2C)N1CCCC1c1cccnc1. The Morgan fingerprint density at radius 3 is 2.69 bits per heavy atom. The van der Waals surface area contributed by atoms with E-state index in [1.54, 1.807) is 13.4 Å². The maximum Gasteiger partial charge on any atom is 0.332 e. The fourth-order valence-corrected chi connectivity index (χ4v) is 4.69.